The third-order valence-corrected chi connectivity index (χ3v) is 3.37. The van der Waals surface area contributed by atoms with E-state index in [9.17, 15) is 4.79 Å². The molecule has 98 valence electrons. The highest BCUT2D eigenvalue weighted by Gasteiger charge is 2.31. The van der Waals surface area contributed by atoms with E-state index in [2.05, 4.69) is 16.8 Å². The van der Waals surface area contributed by atoms with Gasteiger partial charge >= 0.3 is 5.97 Å². The van der Waals surface area contributed by atoms with E-state index in [0.29, 0.717) is 18.0 Å². The van der Waals surface area contributed by atoms with Gasteiger partial charge in [-0.2, -0.15) is 0 Å². The van der Waals surface area contributed by atoms with Crippen molar-refractivity contribution in [2.24, 2.45) is 5.73 Å². The SMILES string of the molecule is CCOC(=O)c1cccnc1N1CCC(N)C1C. The van der Waals surface area contributed by atoms with Gasteiger partial charge in [0.25, 0.3) is 0 Å². The lowest BCUT2D eigenvalue weighted by Gasteiger charge is -2.25. The van der Waals surface area contributed by atoms with Crippen molar-refractivity contribution in [3.63, 3.8) is 0 Å². The molecular weight excluding hydrogens is 230 g/mol. The number of esters is 1. The van der Waals surface area contributed by atoms with E-state index in [-0.39, 0.29) is 18.1 Å². The molecule has 1 aliphatic heterocycles. The van der Waals surface area contributed by atoms with Gasteiger partial charge in [-0.3, -0.25) is 0 Å². The Morgan fingerprint density at radius 2 is 2.44 bits per heavy atom. The first-order valence-corrected chi connectivity index (χ1v) is 6.29. The van der Waals surface area contributed by atoms with E-state index >= 15 is 0 Å². The van der Waals surface area contributed by atoms with Gasteiger partial charge in [-0.1, -0.05) is 0 Å². The van der Waals surface area contributed by atoms with Crippen LogP contribution in [0.3, 0.4) is 0 Å². The van der Waals surface area contributed by atoms with Crippen LogP contribution in [0.5, 0.6) is 0 Å². The zero-order valence-electron chi connectivity index (χ0n) is 10.8. The van der Waals surface area contributed by atoms with Crippen molar-refractivity contribution in [3.05, 3.63) is 23.9 Å². The number of nitrogens with zero attached hydrogens (tertiary/aromatic N) is 2. The van der Waals surface area contributed by atoms with Crippen LogP contribution in [-0.2, 0) is 4.74 Å². The predicted octanol–water partition coefficient (Wildman–Crippen LogP) is 1.18. The molecule has 2 atom stereocenters. The molecule has 1 saturated heterocycles. The number of carbonyl (C=O) groups excluding carboxylic acids is 1. The fraction of sp³-hybridized carbons (Fsp3) is 0.538. The van der Waals surface area contributed by atoms with Gasteiger partial charge in [0, 0.05) is 24.8 Å². The summed E-state index contributed by atoms with van der Waals surface area (Å²) < 4.78 is 5.05. The fourth-order valence-electron chi connectivity index (χ4n) is 2.26. The second-order valence-corrected chi connectivity index (χ2v) is 4.48. The van der Waals surface area contributed by atoms with Crippen molar-refractivity contribution in [2.45, 2.75) is 32.4 Å². The normalized spacial score (nSPS) is 23.2. The highest BCUT2D eigenvalue weighted by molar-refractivity contribution is 5.94. The first kappa shape index (κ1) is 12.8. The Morgan fingerprint density at radius 3 is 3.06 bits per heavy atom. The second-order valence-electron chi connectivity index (χ2n) is 4.48. The molecule has 0 aromatic carbocycles. The number of hydrogen-bond donors (Lipinski definition) is 1. The number of aromatic nitrogens is 1. The van der Waals surface area contributed by atoms with Gasteiger partial charge in [-0.25, -0.2) is 9.78 Å². The number of anilines is 1. The smallest absolute Gasteiger partial charge is 0.341 e. The highest BCUT2D eigenvalue weighted by atomic mass is 16.5. The van der Waals surface area contributed by atoms with E-state index in [1.807, 2.05) is 0 Å². The Kier molecular flexibility index (Phi) is 3.81. The molecule has 2 unspecified atom stereocenters. The quantitative estimate of drug-likeness (QED) is 0.815. The number of carbonyl (C=O) groups is 1. The maximum Gasteiger partial charge on any atom is 0.341 e. The summed E-state index contributed by atoms with van der Waals surface area (Å²) in [6.07, 6.45) is 2.61. The minimum Gasteiger partial charge on any atom is -0.462 e. The molecule has 18 heavy (non-hydrogen) atoms. The van der Waals surface area contributed by atoms with Gasteiger partial charge in [-0.05, 0) is 32.4 Å². The molecule has 1 aromatic heterocycles. The number of rotatable bonds is 3. The Balaban J connectivity index is 2.30. The molecule has 0 amide bonds. The van der Waals surface area contributed by atoms with Crippen LogP contribution in [0.1, 0.15) is 30.6 Å². The molecule has 1 fully saturated rings. The van der Waals surface area contributed by atoms with E-state index in [4.69, 9.17) is 10.5 Å². The molecule has 1 aromatic rings. The summed E-state index contributed by atoms with van der Waals surface area (Å²) in [5, 5.41) is 0. The average molecular weight is 249 g/mol. The predicted molar refractivity (Wildman–Crippen MR) is 69.6 cm³/mol. The van der Waals surface area contributed by atoms with Gasteiger partial charge in [0.2, 0.25) is 0 Å². The lowest BCUT2D eigenvalue weighted by molar-refractivity contribution is 0.0526. The summed E-state index contributed by atoms with van der Waals surface area (Å²) in [4.78, 5) is 18.3. The third-order valence-electron chi connectivity index (χ3n) is 3.37. The van der Waals surface area contributed by atoms with E-state index in [0.717, 1.165) is 13.0 Å². The zero-order chi connectivity index (χ0) is 13.1. The Labute approximate surface area is 107 Å². The fourth-order valence-corrected chi connectivity index (χ4v) is 2.26. The summed E-state index contributed by atoms with van der Waals surface area (Å²) in [6.45, 7) is 5.04. The second kappa shape index (κ2) is 5.35. The van der Waals surface area contributed by atoms with Crippen molar-refractivity contribution in [1.82, 2.24) is 4.98 Å². The van der Waals surface area contributed by atoms with Crippen molar-refractivity contribution in [2.75, 3.05) is 18.1 Å². The molecule has 0 spiro atoms. The average Bonchev–Trinajstić information content (AvgIpc) is 2.70. The Morgan fingerprint density at radius 1 is 1.67 bits per heavy atom. The van der Waals surface area contributed by atoms with Gasteiger partial charge in [0.05, 0.1) is 6.61 Å². The van der Waals surface area contributed by atoms with E-state index in [1.165, 1.54) is 0 Å². The van der Waals surface area contributed by atoms with Gasteiger partial charge < -0.3 is 15.4 Å². The van der Waals surface area contributed by atoms with Crippen LogP contribution < -0.4 is 10.6 Å². The Hall–Kier alpha value is -1.62. The molecule has 0 saturated carbocycles. The first-order valence-electron chi connectivity index (χ1n) is 6.29. The Bertz CT molecular complexity index is 436. The lowest BCUT2D eigenvalue weighted by atomic mass is 10.1. The topological polar surface area (TPSA) is 68.5 Å². The van der Waals surface area contributed by atoms with Crippen LogP contribution in [0, 0.1) is 0 Å². The minimum absolute atomic E-state index is 0.127. The molecule has 5 nitrogen and oxygen atoms in total. The summed E-state index contributed by atoms with van der Waals surface area (Å²) in [6, 6.07) is 3.81. The number of nitrogens with two attached hydrogens (primary N) is 1. The molecule has 2 heterocycles. The zero-order valence-corrected chi connectivity index (χ0v) is 10.8. The highest BCUT2D eigenvalue weighted by Crippen LogP contribution is 2.26. The van der Waals surface area contributed by atoms with Crippen LogP contribution in [0.2, 0.25) is 0 Å². The van der Waals surface area contributed by atoms with Gasteiger partial charge in [0.1, 0.15) is 11.4 Å². The van der Waals surface area contributed by atoms with Crippen LogP contribution in [0.15, 0.2) is 18.3 Å². The molecule has 2 rings (SSSR count). The molecule has 0 aliphatic carbocycles. The van der Waals surface area contributed by atoms with Crippen LogP contribution in [-0.4, -0.2) is 36.2 Å². The molecule has 0 bridgehead atoms. The van der Waals surface area contributed by atoms with E-state index in [1.54, 1.807) is 25.3 Å². The summed E-state index contributed by atoms with van der Waals surface area (Å²) in [5.41, 5.74) is 6.52. The number of hydrogen-bond acceptors (Lipinski definition) is 5. The minimum atomic E-state index is -0.326. The van der Waals surface area contributed by atoms with E-state index < -0.39 is 0 Å². The maximum absolute atomic E-state index is 11.9. The summed E-state index contributed by atoms with van der Waals surface area (Å²) in [5.74, 6) is 0.352. The number of pyridine rings is 1. The maximum atomic E-state index is 11.9. The monoisotopic (exact) mass is 249 g/mol. The molecule has 0 radical (unpaired) electrons. The molecule has 1 aliphatic rings. The van der Waals surface area contributed by atoms with Crippen LogP contribution in [0.25, 0.3) is 0 Å². The summed E-state index contributed by atoms with van der Waals surface area (Å²) in [7, 11) is 0. The van der Waals surface area contributed by atoms with Crippen molar-refractivity contribution in [3.8, 4) is 0 Å². The molecule has 5 heteroatoms. The first-order chi connectivity index (χ1) is 8.65. The largest absolute Gasteiger partial charge is 0.462 e. The van der Waals surface area contributed by atoms with Crippen LogP contribution in [0.4, 0.5) is 5.82 Å². The van der Waals surface area contributed by atoms with Crippen molar-refractivity contribution < 1.29 is 9.53 Å². The summed E-state index contributed by atoms with van der Waals surface area (Å²) >= 11 is 0. The standard InChI is InChI=1S/C13H19N3O2/c1-3-18-13(17)10-5-4-7-15-12(10)16-8-6-11(14)9(16)2/h4-5,7,9,11H,3,6,8,14H2,1-2H3. The van der Waals surface area contributed by atoms with Crippen LogP contribution >= 0.6 is 0 Å². The third kappa shape index (κ3) is 2.31. The molecular formula is C13H19N3O2. The van der Waals surface area contributed by atoms with Gasteiger partial charge in [-0.15, -0.1) is 0 Å². The molecule has 2 N–H and O–H groups in total. The number of ether oxygens (including phenoxy) is 1. The van der Waals surface area contributed by atoms with Crippen molar-refractivity contribution >= 4 is 11.8 Å². The van der Waals surface area contributed by atoms with Gasteiger partial charge in [0.15, 0.2) is 0 Å². The van der Waals surface area contributed by atoms with Crippen molar-refractivity contribution in [1.29, 1.82) is 0 Å². The lowest BCUT2D eigenvalue weighted by Crippen LogP contribution is -2.38.